The maximum absolute atomic E-state index is 12.0. The first-order valence-corrected chi connectivity index (χ1v) is 7.24. The molecule has 0 atom stereocenters. The van der Waals surface area contributed by atoms with Gasteiger partial charge in [0.05, 0.1) is 11.4 Å². The van der Waals surface area contributed by atoms with Gasteiger partial charge in [-0.2, -0.15) is 0 Å². The average molecular weight is 270 g/mol. The molecule has 0 aliphatic carbocycles. The molecule has 1 amide bonds. The van der Waals surface area contributed by atoms with E-state index in [1.807, 2.05) is 19.9 Å². The highest BCUT2D eigenvalue weighted by Gasteiger charge is 2.22. The minimum absolute atomic E-state index is 0.0761. The smallest absolute Gasteiger partial charge is 0.238 e. The molecule has 0 bridgehead atoms. The Kier molecular flexibility index (Phi) is 4.34. The zero-order valence-electron chi connectivity index (χ0n) is 10.8. The highest BCUT2D eigenvalue weighted by molar-refractivity contribution is 7.92. The molecule has 0 spiro atoms. The summed E-state index contributed by atoms with van der Waals surface area (Å²) in [7, 11) is -3.51. The van der Waals surface area contributed by atoms with Crippen LogP contribution in [0.4, 0.5) is 5.69 Å². The van der Waals surface area contributed by atoms with Crippen molar-refractivity contribution in [2.24, 2.45) is 5.73 Å². The van der Waals surface area contributed by atoms with Crippen molar-refractivity contribution >= 4 is 21.6 Å². The van der Waals surface area contributed by atoms with Crippen LogP contribution < -0.4 is 10.0 Å². The molecule has 18 heavy (non-hydrogen) atoms. The summed E-state index contributed by atoms with van der Waals surface area (Å²) in [4.78, 5) is 11.0. The van der Waals surface area contributed by atoms with E-state index in [1.54, 1.807) is 12.1 Å². The van der Waals surface area contributed by atoms with Crippen molar-refractivity contribution in [2.75, 3.05) is 16.6 Å². The van der Waals surface area contributed by atoms with Crippen LogP contribution in [0.5, 0.6) is 0 Å². The van der Waals surface area contributed by atoms with E-state index in [9.17, 15) is 13.2 Å². The van der Waals surface area contributed by atoms with Crippen LogP contribution in [0.15, 0.2) is 18.2 Å². The molecule has 0 saturated heterocycles. The van der Waals surface area contributed by atoms with Gasteiger partial charge in [-0.3, -0.25) is 9.10 Å². The molecule has 0 aromatic heterocycles. The molecule has 100 valence electrons. The van der Waals surface area contributed by atoms with Crippen molar-refractivity contribution in [3.63, 3.8) is 0 Å². The summed E-state index contributed by atoms with van der Waals surface area (Å²) < 4.78 is 25.0. The van der Waals surface area contributed by atoms with Gasteiger partial charge in [-0.05, 0) is 44.0 Å². The fourth-order valence-electron chi connectivity index (χ4n) is 1.74. The number of rotatable bonds is 5. The van der Waals surface area contributed by atoms with Crippen molar-refractivity contribution < 1.29 is 13.2 Å². The van der Waals surface area contributed by atoms with E-state index in [2.05, 4.69) is 0 Å². The first-order chi connectivity index (χ1) is 8.26. The Morgan fingerprint density at radius 1 is 1.22 bits per heavy atom. The number of benzene rings is 1. The number of carbonyl (C=O) groups excluding carboxylic acids is 1. The molecule has 0 unspecified atom stereocenters. The number of hydrogen-bond acceptors (Lipinski definition) is 3. The molecular formula is C12H18N2O3S. The van der Waals surface area contributed by atoms with Gasteiger partial charge < -0.3 is 5.73 Å². The molecule has 6 heteroatoms. The lowest BCUT2D eigenvalue weighted by Crippen LogP contribution is -2.39. The summed E-state index contributed by atoms with van der Waals surface area (Å²) in [5.74, 6) is -0.751. The van der Waals surface area contributed by atoms with Crippen LogP contribution in [0, 0.1) is 13.8 Å². The van der Waals surface area contributed by atoms with E-state index < -0.39 is 15.9 Å². The third-order valence-corrected chi connectivity index (χ3v) is 4.24. The first-order valence-electron chi connectivity index (χ1n) is 5.63. The zero-order chi connectivity index (χ0) is 13.9. The third-order valence-electron chi connectivity index (χ3n) is 2.49. The van der Waals surface area contributed by atoms with Crippen molar-refractivity contribution in [2.45, 2.75) is 20.8 Å². The van der Waals surface area contributed by atoms with Crippen LogP contribution in [-0.2, 0) is 14.8 Å². The molecule has 0 radical (unpaired) electrons. The summed E-state index contributed by atoms with van der Waals surface area (Å²) >= 11 is 0. The fraction of sp³-hybridized carbons (Fsp3) is 0.417. The lowest BCUT2D eigenvalue weighted by Gasteiger charge is -2.23. The quantitative estimate of drug-likeness (QED) is 0.864. The highest BCUT2D eigenvalue weighted by atomic mass is 32.2. The van der Waals surface area contributed by atoms with Gasteiger partial charge in [0.15, 0.2) is 0 Å². The lowest BCUT2D eigenvalue weighted by atomic mass is 10.1. The van der Waals surface area contributed by atoms with Crippen LogP contribution in [0.3, 0.4) is 0 Å². The number of hydrogen-bond donors (Lipinski definition) is 1. The molecule has 0 aliphatic heterocycles. The van der Waals surface area contributed by atoms with E-state index in [-0.39, 0.29) is 12.3 Å². The lowest BCUT2D eigenvalue weighted by molar-refractivity contribution is -0.116. The van der Waals surface area contributed by atoms with Gasteiger partial charge in [0.2, 0.25) is 15.9 Å². The Morgan fingerprint density at radius 2 is 1.72 bits per heavy atom. The van der Waals surface area contributed by atoms with Crippen LogP contribution in [-0.4, -0.2) is 26.6 Å². The molecule has 2 N–H and O–H groups in total. The van der Waals surface area contributed by atoms with Crippen LogP contribution in [0.1, 0.15) is 18.1 Å². The largest absolute Gasteiger partial charge is 0.368 e. The van der Waals surface area contributed by atoms with Gasteiger partial charge in [0, 0.05) is 0 Å². The van der Waals surface area contributed by atoms with Crippen molar-refractivity contribution in [1.29, 1.82) is 0 Å². The van der Waals surface area contributed by atoms with Crippen molar-refractivity contribution in [3.8, 4) is 0 Å². The minimum Gasteiger partial charge on any atom is -0.368 e. The standard InChI is InChI=1S/C12H18N2O3S/c1-4-18(16,17)14(8-12(13)15)11-6-9(2)5-10(3)7-11/h5-7H,4,8H2,1-3H3,(H2,13,15). The Hall–Kier alpha value is -1.56. The number of nitrogens with zero attached hydrogens (tertiary/aromatic N) is 1. The third kappa shape index (κ3) is 3.46. The number of nitrogens with two attached hydrogens (primary N) is 1. The van der Waals surface area contributed by atoms with E-state index in [4.69, 9.17) is 5.73 Å². The highest BCUT2D eigenvalue weighted by Crippen LogP contribution is 2.21. The van der Waals surface area contributed by atoms with Crippen LogP contribution in [0.2, 0.25) is 0 Å². The van der Waals surface area contributed by atoms with Gasteiger partial charge in [0.1, 0.15) is 6.54 Å². The van der Waals surface area contributed by atoms with Gasteiger partial charge in [-0.25, -0.2) is 8.42 Å². The van der Waals surface area contributed by atoms with Crippen molar-refractivity contribution in [1.82, 2.24) is 0 Å². The molecule has 1 aromatic carbocycles. The molecule has 5 nitrogen and oxygen atoms in total. The Balaban J connectivity index is 3.30. The summed E-state index contributed by atoms with van der Waals surface area (Å²) in [5, 5.41) is 0. The molecule has 1 aromatic rings. The van der Waals surface area contributed by atoms with Gasteiger partial charge in [-0.1, -0.05) is 6.07 Å². The normalized spacial score (nSPS) is 11.3. The van der Waals surface area contributed by atoms with Gasteiger partial charge >= 0.3 is 0 Å². The number of carbonyl (C=O) groups is 1. The number of amides is 1. The summed E-state index contributed by atoms with van der Waals surface area (Å²) in [5.41, 5.74) is 7.46. The van der Waals surface area contributed by atoms with Gasteiger partial charge in [-0.15, -0.1) is 0 Å². The monoisotopic (exact) mass is 270 g/mol. The van der Waals surface area contributed by atoms with E-state index in [0.29, 0.717) is 5.69 Å². The maximum Gasteiger partial charge on any atom is 0.238 e. The van der Waals surface area contributed by atoms with Crippen molar-refractivity contribution in [3.05, 3.63) is 29.3 Å². The van der Waals surface area contributed by atoms with Gasteiger partial charge in [0.25, 0.3) is 0 Å². The van der Waals surface area contributed by atoms with E-state index >= 15 is 0 Å². The first kappa shape index (κ1) is 14.5. The second-order valence-corrected chi connectivity index (χ2v) is 6.40. The predicted molar refractivity (Wildman–Crippen MR) is 71.9 cm³/mol. The summed E-state index contributed by atoms with van der Waals surface area (Å²) in [6.45, 7) is 4.94. The zero-order valence-corrected chi connectivity index (χ0v) is 11.6. The molecular weight excluding hydrogens is 252 g/mol. The Morgan fingerprint density at radius 3 is 2.11 bits per heavy atom. The van der Waals surface area contributed by atoms with E-state index in [1.165, 1.54) is 6.92 Å². The molecule has 0 saturated carbocycles. The summed E-state index contributed by atoms with van der Waals surface area (Å²) in [6, 6.07) is 5.39. The number of anilines is 1. The predicted octanol–water partition coefficient (Wildman–Crippen LogP) is 0.945. The Bertz CT molecular complexity index is 532. The molecule has 0 fully saturated rings. The maximum atomic E-state index is 12.0. The SMILES string of the molecule is CCS(=O)(=O)N(CC(N)=O)c1cc(C)cc(C)c1. The Labute approximate surface area is 108 Å². The molecule has 0 heterocycles. The number of primary amides is 1. The second-order valence-electron chi connectivity index (χ2n) is 4.22. The topological polar surface area (TPSA) is 80.5 Å². The average Bonchev–Trinajstić information content (AvgIpc) is 2.24. The van der Waals surface area contributed by atoms with Crippen LogP contribution in [0.25, 0.3) is 0 Å². The second kappa shape index (κ2) is 5.39. The molecule has 0 aliphatic rings. The van der Waals surface area contributed by atoms with Crippen LogP contribution >= 0.6 is 0 Å². The number of aryl methyl sites for hydroxylation is 2. The fourth-order valence-corrected chi connectivity index (χ4v) is 2.80. The number of sulfonamides is 1. The van der Waals surface area contributed by atoms with E-state index in [0.717, 1.165) is 15.4 Å². The summed E-state index contributed by atoms with van der Waals surface area (Å²) in [6.07, 6.45) is 0. The minimum atomic E-state index is -3.51. The molecule has 1 rings (SSSR count).